The Bertz CT molecular complexity index is 1880. The molecule has 6 rings (SSSR count). The van der Waals surface area contributed by atoms with E-state index < -0.39 is 83.6 Å². The number of nitrogens with zero attached hydrogens (tertiary/aromatic N) is 8. The van der Waals surface area contributed by atoms with Gasteiger partial charge in [0, 0.05) is 64.4 Å². The molecule has 0 bridgehead atoms. The zero-order chi connectivity index (χ0) is 49.7. The lowest BCUT2D eigenvalue weighted by Crippen LogP contribution is -2.51. The Morgan fingerprint density at radius 1 is 0.603 bits per heavy atom. The fourth-order valence-corrected chi connectivity index (χ4v) is 9.28. The van der Waals surface area contributed by atoms with Gasteiger partial charge in [-0.25, -0.2) is 47.1 Å². The molecule has 2 aromatic rings. The third kappa shape index (κ3) is 15.2. The number of hydrogen-bond donors (Lipinski definition) is 8. The standard InChI is InChI=1S/2C21H32F3N7O3/c2*1-12-11-30(2)7-8-31(12)19-15(22)17(26-18(27-19)16(23)24)28-29-20(32)14(10-25-21(33)34)9-13-5-3-4-6-13/h2*12-14,16,25H,3-11H2,1-2H3,(H,29,32)(H,33,34)(H,26,27,28)/t2*12-,14+/m00/s1. The van der Waals surface area contributed by atoms with Crippen molar-refractivity contribution in [2.45, 2.75) is 103 Å². The first kappa shape index (κ1) is 53.3. The maximum atomic E-state index is 15.3. The average molecular weight is 975 g/mol. The molecule has 2 saturated carbocycles. The van der Waals surface area contributed by atoms with Crippen molar-refractivity contribution in [2.24, 2.45) is 23.7 Å². The van der Waals surface area contributed by atoms with E-state index in [0.29, 0.717) is 52.1 Å². The van der Waals surface area contributed by atoms with Gasteiger partial charge >= 0.3 is 12.2 Å². The number of halogens is 6. The lowest BCUT2D eigenvalue weighted by Gasteiger charge is -2.39. The largest absolute Gasteiger partial charge is 0.465 e. The first-order valence-electron chi connectivity index (χ1n) is 23.0. The molecule has 2 aromatic heterocycles. The van der Waals surface area contributed by atoms with E-state index in [1.54, 1.807) is 9.80 Å². The highest BCUT2D eigenvalue weighted by Crippen LogP contribution is 2.33. The molecule has 4 heterocycles. The minimum atomic E-state index is -3.03. The van der Waals surface area contributed by atoms with Crippen LogP contribution in [0.4, 0.5) is 59.2 Å². The molecule has 0 spiro atoms. The van der Waals surface area contributed by atoms with Crippen molar-refractivity contribution < 1.29 is 55.7 Å². The van der Waals surface area contributed by atoms with Crippen molar-refractivity contribution in [3.8, 4) is 0 Å². The summed E-state index contributed by atoms with van der Waals surface area (Å²) >= 11 is 0. The van der Waals surface area contributed by atoms with Gasteiger partial charge in [-0.1, -0.05) is 51.4 Å². The Labute approximate surface area is 390 Å². The van der Waals surface area contributed by atoms with Crippen molar-refractivity contribution >= 4 is 47.3 Å². The topological polar surface area (TPSA) is 245 Å². The highest BCUT2D eigenvalue weighted by molar-refractivity contribution is 5.81. The van der Waals surface area contributed by atoms with Crippen LogP contribution in [0.5, 0.6) is 0 Å². The number of likely N-dealkylation sites (N-methyl/N-ethyl adjacent to an activating group) is 2. The van der Waals surface area contributed by atoms with Crippen LogP contribution in [0.15, 0.2) is 0 Å². The van der Waals surface area contributed by atoms with Crippen molar-refractivity contribution in [1.29, 1.82) is 0 Å². The van der Waals surface area contributed by atoms with E-state index in [2.05, 4.69) is 52.3 Å². The number of piperazine rings is 2. The van der Waals surface area contributed by atoms with Crippen molar-refractivity contribution in [1.82, 2.24) is 51.2 Å². The van der Waals surface area contributed by atoms with Gasteiger partial charge in [0.15, 0.2) is 34.9 Å². The summed E-state index contributed by atoms with van der Waals surface area (Å²) in [5.74, 6) is -7.22. The number of carbonyl (C=O) groups excluding carboxylic acids is 2. The van der Waals surface area contributed by atoms with E-state index in [4.69, 9.17) is 10.2 Å². The van der Waals surface area contributed by atoms with E-state index in [1.165, 1.54) is 0 Å². The quantitative estimate of drug-likeness (QED) is 0.0707. The lowest BCUT2D eigenvalue weighted by molar-refractivity contribution is -0.125. The van der Waals surface area contributed by atoms with Gasteiger partial charge in [-0.05, 0) is 52.6 Å². The van der Waals surface area contributed by atoms with E-state index >= 15 is 8.78 Å². The third-order valence-electron chi connectivity index (χ3n) is 12.8. The number of aromatic nitrogens is 4. The summed E-state index contributed by atoms with van der Waals surface area (Å²) in [6, 6.07) is -0.344. The van der Waals surface area contributed by atoms with Crippen molar-refractivity contribution in [3.63, 3.8) is 0 Å². The molecule has 20 nitrogen and oxygen atoms in total. The predicted molar refractivity (Wildman–Crippen MR) is 238 cm³/mol. The minimum absolute atomic E-state index is 0.113. The molecule has 4 aliphatic rings. The molecule has 2 saturated heterocycles. The van der Waals surface area contributed by atoms with Gasteiger partial charge in [0.05, 0.1) is 11.8 Å². The van der Waals surface area contributed by atoms with Crippen LogP contribution in [-0.4, -0.2) is 142 Å². The highest BCUT2D eigenvalue weighted by Gasteiger charge is 2.33. The van der Waals surface area contributed by atoms with Crippen LogP contribution in [0.25, 0.3) is 0 Å². The molecule has 0 radical (unpaired) electrons. The first-order chi connectivity index (χ1) is 32.3. The summed E-state index contributed by atoms with van der Waals surface area (Å²) in [6.07, 6.45) is 0.381. The SMILES string of the molecule is C[C@H]1CN(C)CCN1c1nc(C(F)F)nc(NNC(=O)[C@@H](CNC(=O)O)CC2CCCC2)c1F.C[C@H]1CN(C)CCN1c1nc(C(F)F)nc(NNC(=O)[C@@H](CNC(=O)O)CC2CCCC2)c1F. The average Bonchev–Trinajstić information content (AvgIpc) is 4.01. The molecular weight excluding hydrogens is 911 g/mol. The molecule has 4 fully saturated rings. The van der Waals surface area contributed by atoms with Gasteiger partial charge < -0.3 is 40.4 Å². The Balaban J connectivity index is 0.000000254. The molecule has 4 amide bonds. The summed E-state index contributed by atoms with van der Waals surface area (Å²) in [6.45, 7) is 6.67. The van der Waals surface area contributed by atoms with Gasteiger partial charge in [0.2, 0.25) is 23.4 Å². The van der Waals surface area contributed by atoms with Crippen LogP contribution < -0.4 is 42.1 Å². The van der Waals surface area contributed by atoms with Crippen LogP contribution in [0, 0.1) is 35.3 Å². The molecule has 4 atom stereocenters. The number of anilines is 4. The van der Waals surface area contributed by atoms with E-state index in [1.807, 2.05) is 37.7 Å². The van der Waals surface area contributed by atoms with E-state index in [-0.39, 0.29) is 48.6 Å². The molecule has 2 aliphatic carbocycles. The van der Waals surface area contributed by atoms with Crippen LogP contribution in [-0.2, 0) is 9.59 Å². The molecular formula is C42H64F6N14O6. The Morgan fingerprint density at radius 3 is 1.26 bits per heavy atom. The number of hydrogen-bond acceptors (Lipinski definition) is 14. The second-order valence-corrected chi connectivity index (χ2v) is 18.1. The molecule has 0 aromatic carbocycles. The first-order valence-corrected chi connectivity index (χ1v) is 23.0. The zero-order valence-electron chi connectivity index (χ0n) is 38.7. The summed E-state index contributed by atoms with van der Waals surface area (Å²) in [5.41, 5.74) is 9.32. The molecule has 380 valence electrons. The summed E-state index contributed by atoms with van der Waals surface area (Å²) in [4.78, 5) is 69.4. The summed E-state index contributed by atoms with van der Waals surface area (Å²) < 4.78 is 84.4. The maximum absolute atomic E-state index is 15.3. The van der Waals surface area contributed by atoms with Crippen molar-refractivity contribution in [2.75, 3.05) is 87.1 Å². The molecule has 68 heavy (non-hydrogen) atoms. The number of carboxylic acid groups (broad SMARTS) is 2. The molecule has 26 heteroatoms. The molecule has 2 aliphatic heterocycles. The number of rotatable bonds is 18. The molecule has 0 unspecified atom stereocenters. The van der Waals surface area contributed by atoms with Crippen LogP contribution in [0.3, 0.4) is 0 Å². The van der Waals surface area contributed by atoms with Crippen molar-refractivity contribution in [3.05, 3.63) is 23.3 Å². The minimum Gasteiger partial charge on any atom is -0.465 e. The van der Waals surface area contributed by atoms with Crippen LogP contribution in [0.2, 0.25) is 0 Å². The van der Waals surface area contributed by atoms with Gasteiger partial charge in [-0.15, -0.1) is 0 Å². The maximum Gasteiger partial charge on any atom is 0.404 e. The zero-order valence-corrected chi connectivity index (χ0v) is 38.7. The van der Waals surface area contributed by atoms with Gasteiger partial charge in [0.25, 0.3) is 12.9 Å². The van der Waals surface area contributed by atoms with Crippen LogP contribution >= 0.6 is 0 Å². The number of nitrogens with one attached hydrogen (secondary N) is 6. The van der Waals surface area contributed by atoms with Crippen LogP contribution in [0.1, 0.15) is 103 Å². The second-order valence-electron chi connectivity index (χ2n) is 18.1. The van der Waals surface area contributed by atoms with Gasteiger partial charge in [-0.2, -0.15) is 8.78 Å². The number of alkyl halides is 4. The second kappa shape index (κ2) is 25.1. The monoisotopic (exact) mass is 975 g/mol. The summed E-state index contributed by atoms with van der Waals surface area (Å²) in [7, 11) is 3.83. The Morgan fingerprint density at radius 2 is 0.956 bits per heavy atom. The lowest BCUT2D eigenvalue weighted by atomic mass is 9.92. The molecule has 8 N–H and O–H groups in total. The number of amides is 4. The van der Waals surface area contributed by atoms with Gasteiger partial charge in [-0.3, -0.25) is 31.3 Å². The fourth-order valence-electron chi connectivity index (χ4n) is 9.28. The van der Waals surface area contributed by atoms with Gasteiger partial charge in [0.1, 0.15) is 0 Å². The predicted octanol–water partition coefficient (Wildman–Crippen LogP) is 5.20. The third-order valence-corrected chi connectivity index (χ3v) is 12.8. The van der Waals surface area contributed by atoms with E-state index in [0.717, 1.165) is 51.4 Å². The Kier molecular flexibility index (Phi) is 19.7. The smallest absolute Gasteiger partial charge is 0.404 e. The Hall–Kier alpha value is -5.66. The number of carbonyl (C=O) groups is 4. The number of hydrazine groups is 2. The normalized spacial score (nSPS) is 20.4. The van der Waals surface area contributed by atoms with E-state index in [9.17, 15) is 36.7 Å². The summed E-state index contributed by atoms with van der Waals surface area (Å²) in [5, 5.41) is 22.3. The highest BCUT2D eigenvalue weighted by atomic mass is 19.3. The fraction of sp³-hybridized carbons (Fsp3) is 0.714.